The minimum absolute atomic E-state index is 0.0798. The van der Waals surface area contributed by atoms with Gasteiger partial charge in [-0.05, 0) is 50.0 Å². The van der Waals surface area contributed by atoms with Gasteiger partial charge < -0.3 is 14.8 Å². The lowest BCUT2D eigenvalue weighted by atomic mass is 9.88. The number of nitrogens with one attached hydrogen (secondary N) is 1. The number of hydrogen-bond donors (Lipinski definition) is 1. The molecule has 0 saturated carbocycles. The molecular formula is C18H27NO3S. The van der Waals surface area contributed by atoms with Crippen LogP contribution in [0.2, 0.25) is 0 Å². The van der Waals surface area contributed by atoms with E-state index in [1.807, 2.05) is 5.38 Å². The number of amides is 1. The SMILES string of the molecule is CC1CCc2c(C(=O)NCCCOCC3CCCO3)csc2C1. The van der Waals surface area contributed by atoms with Crippen molar-refractivity contribution < 1.29 is 14.3 Å². The molecule has 0 bridgehead atoms. The van der Waals surface area contributed by atoms with Crippen molar-refractivity contribution in [1.82, 2.24) is 5.32 Å². The Hall–Kier alpha value is -0.910. The summed E-state index contributed by atoms with van der Waals surface area (Å²) < 4.78 is 11.1. The Kier molecular flexibility index (Phi) is 6.08. The molecule has 0 spiro atoms. The van der Waals surface area contributed by atoms with E-state index in [4.69, 9.17) is 9.47 Å². The predicted octanol–water partition coefficient (Wildman–Crippen LogP) is 3.19. The standard InChI is InChI=1S/C18H27NO3S/c1-13-5-6-15-16(12-23-17(15)10-13)18(20)19-7-3-8-21-11-14-4-2-9-22-14/h12-14H,2-11H2,1H3,(H,19,20). The molecule has 1 aliphatic heterocycles. The summed E-state index contributed by atoms with van der Waals surface area (Å²) in [4.78, 5) is 13.7. The summed E-state index contributed by atoms with van der Waals surface area (Å²) >= 11 is 1.75. The molecule has 1 fully saturated rings. The van der Waals surface area contributed by atoms with Crippen LogP contribution in [-0.4, -0.2) is 38.4 Å². The summed E-state index contributed by atoms with van der Waals surface area (Å²) in [5.41, 5.74) is 2.19. The number of fused-ring (bicyclic) bond motifs is 1. The van der Waals surface area contributed by atoms with Crippen LogP contribution < -0.4 is 5.32 Å². The highest BCUT2D eigenvalue weighted by atomic mass is 32.1. The summed E-state index contributed by atoms with van der Waals surface area (Å²) in [6, 6.07) is 0. The van der Waals surface area contributed by atoms with E-state index in [0.29, 0.717) is 19.8 Å². The van der Waals surface area contributed by atoms with Crippen LogP contribution >= 0.6 is 11.3 Å². The molecule has 2 heterocycles. The van der Waals surface area contributed by atoms with Crippen molar-refractivity contribution in [3.05, 3.63) is 21.4 Å². The molecule has 4 nitrogen and oxygen atoms in total. The lowest BCUT2D eigenvalue weighted by Crippen LogP contribution is -2.26. The van der Waals surface area contributed by atoms with Crippen LogP contribution in [0.4, 0.5) is 0 Å². The van der Waals surface area contributed by atoms with Gasteiger partial charge in [-0.25, -0.2) is 0 Å². The van der Waals surface area contributed by atoms with E-state index in [1.165, 1.54) is 16.9 Å². The van der Waals surface area contributed by atoms with Crippen LogP contribution in [0.15, 0.2) is 5.38 Å². The molecule has 3 rings (SSSR count). The van der Waals surface area contributed by atoms with Crippen molar-refractivity contribution >= 4 is 17.2 Å². The van der Waals surface area contributed by atoms with Gasteiger partial charge >= 0.3 is 0 Å². The van der Waals surface area contributed by atoms with Gasteiger partial charge in [0.15, 0.2) is 0 Å². The average molecular weight is 337 g/mol. The molecule has 1 aliphatic carbocycles. The van der Waals surface area contributed by atoms with Crippen LogP contribution in [-0.2, 0) is 22.3 Å². The van der Waals surface area contributed by atoms with Gasteiger partial charge in [-0.3, -0.25) is 4.79 Å². The number of thiophene rings is 1. The fourth-order valence-electron chi connectivity index (χ4n) is 3.33. The summed E-state index contributed by atoms with van der Waals surface area (Å²) in [6.45, 7) is 5.20. The zero-order valence-electron chi connectivity index (χ0n) is 13.9. The maximum Gasteiger partial charge on any atom is 0.252 e. The maximum atomic E-state index is 12.3. The highest BCUT2D eigenvalue weighted by molar-refractivity contribution is 7.10. The maximum absolute atomic E-state index is 12.3. The van der Waals surface area contributed by atoms with Gasteiger partial charge in [-0.1, -0.05) is 6.92 Å². The molecular weight excluding hydrogens is 310 g/mol. The van der Waals surface area contributed by atoms with E-state index in [9.17, 15) is 4.79 Å². The first-order valence-electron chi connectivity index (χ1n) is 8.81. The first kappa shape index (κ1) is 16.9. The number of hydrogen-bond acceptors (Lipinski definition) is 4. The van der Waals surface area contributed by atoms with Crippen molar-refractivity contribution in [3.63, 3.8) is 0 Å². The van der Waals surface area contributed by atoms with Crippen LogP contribution in [0.3, 0.4) is 0 Å². The molecule has 23 heavy (non-hydrogen) atoms. The molecule has 1 saturated heterocycles. The van der Waals surface area contributed by atoms with Crippen molar-refractivity contribution in [2.45, 2.75) is 51.6 Å². The molecule has 0 radical (unpaired) electrons. The van der Waals surface area contributed by atoms with Crippen molar-refractivity contribution in [2.24, 2.45) is 5.92 Å². The quantitative estimate of drug-likeness (QED) is 0.777. The molecule has 2 unspecified atom stereocenters. The zero-order chi connectivity index (χ0) is 16.1. The Bertz CT molecular complexity index is 522. The van der Waals surface area contributed by atoms with Crippen molar-refractivity contribution in [1.29, 1.82) is 0 Å². The third-order valence-corrected chi connectivity index (χ3v) is 5.78. The van der Waals surface area contributed by atoms with Crippen molar-refractivity contribution in [3.8, 4) is 0 Å². The normalized spacial score (nSPS) is 23.7. The van der Waals surface area contributed by atoms with Gasteiger partial charge in [0, 0.05) is 30.0 Å². The summed E-state index contributed by atoms with van der Waals surface area (Å²) in [5.74, 6) is 0.828. The van der Waals surface area contributed by atoms with Crippen LogP contribution in [0.25, 0.3) is 0 Å². The van der Waals surface area contributed by atoms with Gasteiger partial charge in [0.2, 0.25) is 0 Å². The second-order valence-corrected chi connectivity index (χ2v) is 7.68. The molecule has 5 heteroatoms. The molecule has 1 aromatic rings. The predicted molar refractivity (Wildman–Crippen MR) is 92.3 cm³/mol. The van der Waals surface area contributed by atoms with Gasteiger partial charge in [0.05, 0.1) is 18.3 Å². The fraction of sp³-hybridized carbons (Fsp3) is 0.722. The highest BCUT2D eigenvalue weighted by Gasteiger charge is 2.22. The monoisotopic (exact) mass is 337 g/mol. The number of carbonyl (C=O) groups excluding carboxylic acids is 1. The molecule has 1 N–H and O–H groups in total. The Morgan fingerprint density at radius 3 is 3.22 bits per heavy atom. The second-order valence-electron chi connectivity index (χ2n) is 6.72. The number of carbonyl (C=O) groups is 1. The lowest BCUT2D eigenvalue weighted by Gasteiger charge is -2.18. The smallest absolute Gasteiger partial charge is 0.252 e. The van der Waals surface area contributed by atoms with Gasteiger partial charge in [0.25, 0.3) is 5.91 Å². The van der Waals surface area contributed by atoms with E-state index in [0.717, 1.165) is 50.2 Å². The minimum Gasteiger partial charge on any atom is -0.379 e. The van der Waals surface area contributed by atoms with E-state index in [-0.39, 0.29) is 12.0 Å². The first-order valence-corrected chi connectivity index (χ1v) is 9.69. The second kappa shape index (κ2) is 8.27. The Morgan fingerprint density at radius 2 is 2.39 bits per heavy atom. The van der Waals surface area contributed by atoms with Crippen LogP contribution in [0.5, 0.6) is 0 Å². The summed E-state index contributed by atoms with van der Waals surface area (Å²) in [5, 5.41) is 5.07. The van der Waals surface area contributed by atoms with E-state index < -0.39 is 0 Å². The molecule has 2 atom stereocenters. The Morgan fingerprint density at radius 1 is 1.48 bits per heavy atom. The number of ether oxygens (including phenoxy) is 2. The summed E-state index contributed by atoms with van der Waals surface area (Å²) in [6.07, 6.45) is 6.76. The lowest BCUT2D eigenvalue weighted by molar-refractivity contribution is 0.0166. The molecule has 2 aliphatic rings. The Labute approximate surface area is 142 Å². The van der Waals surface area contributed by atoms with Crippen molar-refractivity contribution in [2.75, 3.05) is 26.4 Å². The third kappa shape index (κ3) is 4.55. The van der Waals surface area contributed by atoms with Crippen LogP contribution in [0.1, 0.15) is 53.4 Å². The fourth-order valence-corrected chi connectivity index (χ4v) is 4.57. The van der Waals surface area contributed by atoms with Gasteiger partial charge in [0.1, 0.15) is 0 Å². The molecule has 128 valence electrons. The zero-order valence-corrected chi connectivity index (χ0v) is 14.8. The van der Waals surface area contributed by atoms with E-state index >= 15 is 0 Å². The Balaban J connectivity index is 1.35. The third-order valence-electron chi connectivity index (χ3n) is 4.73. The van der Waals surface area contributed by atoms with E-state index in [1.54, 1.807) is 11.3 Å². The average Bonchev–Trinajstić information content (AvgIpc) is 3.19. The molecule has 1 aromatic heterocycles. The number of rotatable bonds is 7. The van der Waals surface area contributed by atoms with Gasteiger partial charge in [-0.2, -0.15) is 0 Å². The molecule has 0 aromatic carbocycles. The topological polar surface area (TPSA) is 47.6 Å². The first-order chi connectivity index (χ1) is 11.2. The largest absolute Gasteiger partial charge is 0.379 e. The molecule has 1 amide bonds. The minimum atomic E-state index is 0.0798. The highest BCUT2D eigenvalue weighted by Crippen LogP contribution is 2.32. The summed E-state index contributed by atoms with van der Waals surface area (Å²) in [7, 11) is 0. The van der Waals surface area contributed by atoms with E-state index in [2.05, 4.69) is 12.2 Å². The van der Waals surface area contributed by atoms with Crippen LogP contribution in [0, 0.1) is 5.92 Å². The van der Waals surface area contributed by atoms with Gasteiger partial charge in [-0.15, -0.1) is 11.3 Å².